The maximum atomic E-state index is 13.2. The number of hydrogen-bond donors (Lipinski definition) is 0. The SMILES string of the molecule is Fc1cccc(Cl)c1-c1cnco1. The van der Waals surface area contributed by atoms with Crippen LogP contribution in [0.5, 0.6) is 0 Å². The summed E-state index contributed by atoms with van der Waals surface area (Å²) < 4.78 is 18.2. The quantitative estimate of drug-likeness (QED) is 0.702. The molecule has 0 aliphatic carbocycles. The molecule has 1 aromatic carbocycles. The normalized spacial score (nSPS) is 10.3. The van der Waals surface area contributed by atoms with Crippen LogP contribution in [0.15, 0.2) is 35.2 Å². The van der Waals surface area contributed by atoms with Crippen LogP contribution in [-0.4, -0.2) is 4.98 Å². The molecule has 4 heteroatoms. The average Bonchev–Trinajstić information content (AvgIpc) is 2.57. The van der Waals surface area contributed by atoms with Crippen molar-refractivity contribution in [1.82, 2.24) is 4.98 Å². The third-order valence-electron chi connectivity index (χ3n) is 1.64. The van der Waals surface area contributed by atoms with E-state index in [0.717, 1.165) is 0 Å². The first kappa shape index (κ1) is 8.26. The van der Waals surface area contributed by atoms with Crippen LogP contribution in [0.4, 0.5) is 4.39 Å². The fourth-order valence-electron chi connectivity index (χ4n) is 1.07. The van der Waals surface area contributed by atoms with Gasteiger partial charge in [0.25, 0.3) is 0 Å². The highest BCUT2D eigenvalue weighted by atomic mass is 35.5. The third-order valence-corrected chi connectivity index (χ3v) is 1.96. The lowest BCUT2D eigenvalue weighted by molar-refractivity contribution is 0.561. The largest absolute Gasteiger partial charge is 0.443 e. The van der Waals surface area contributed by atoms with Crippen molar-refractivity contribution in [3.63, 3.8) is 0 Å². The van der Waals surface area contributed by atoms with Crippen LogP contribution in [0.2, 0.25) is 5.02 Å². The molecule has 0 aliphatic rings. The van der Waals surface area contributed by atoms with Crippen LogP contribution in [0.25, 0.3) is 11.3 Å². The summed E-state index contributed by atoms with van der Waals surface area (Å²) in [7, 11) is 0. The molecule has 2 rings (SSSR count). The lowest BCUT2D eigenvalue weighted by Crippen LogP contribution is -1.82. The van der Waals surface area contributed by atoms with Gasteiger partial charge in [-0.25, -0.2) is 9.37 Å². The fourth-order valence-corrected chi connectivity index (χ4v) is 1.33. The Labute approximate surface area is 79.0 Å². The number of halogens is 2. The number of hydrogen-bond acceptors (Lipinski definition) is 2. The highest BCUT2D eigenvalue weighted by Crippen LogP contribution is 2.29. The maximum absolute atomic E-state index is 13.2. The van der Waals surface area contributed by atoms with Gasteiger partial charge in [0.05, 0.1) is 16.8 Å². The van der Waals surface area contributed by atoms with Gasteiger partial charge in [0, 0.05) is 0 Å². The second-order valence-electron chi connectivity index (χ2n) is 2.46. The molecule has 1 aromatic heterocycles. The summed E-state index contributed by atoms with van der Waals surface area (Å²) in [5.74, 6) is -0.0765. The highest BCUT2D eigenvalue weighted by Gasteiger charge is 2.11. The van der Waals surface area contributed by atoms with E-state index in [2.05, 4.69) is 4.98 Å². The van der Waals surface area contributed by atoms with Gasteiger partial charge in [0.2, 0.25) is 0 Å². The molecule has 1 heterocycles. The molecule has 0 saturated heterocycles. The Morgan fingerprint density at radius 1 is 1.38 bits per heavy atom. The van der Waals surface area contributed by atoms with Crippen LogP contribution in [0, 0.1) is 5.82 Å². The summed E-state index contributed by atoms with van der Waals surface area (Å²) >= 11 is 5.79. The molecular weight excluding hydrogens is 193 g/mol. The first-order chi connectivity index (χ1) is 6.29. The number of nitrogens with zero attached hydrogens (tertiary/aromatic N) is 1. The van der Waals surface area contributed by atoms with E-state index in [1.54, 1.807) is 6.07 Å². The summed E-state index contributed by atoms with van der Waals surface area (Å²) in [6, 6.07) is 4.46. The molecule has 0 unspecified atom stereocenters. The van der Waals surface area contributed by atoms with E-state index in [4.69, 9.17) is 16.0 Å². The molecule has 0 amide bonds. The second kappa shape index (κ2) is 3.18. The van der Waals surface area contributed by atoms with Gasteiger partial charge in [0.15, 0.2) is 12.2 Å². The van der Waals surface area contributed by atoms with Crippen molar-refractivity contribution in [3.05, 3.63) is 41.6 Å². The lowest BCUT2D eigenvalue weighted by atomic mass is 10.2. The van der Waals surface area contributed by atoms with Crippen LogP contribution in [0.1, 0.15) is 0 Å². The van der Waals surface area contributed by atoms with Gasteiger partial charge in [-0.1, -0.05) is 17.7 Å². The van der Waals surface area contributed by atoms with Crippen LogP contribution in [0.3, 0.4) is 0 Å². The Morgan fingerprint density at radius 3 is 2.85 bits per heavy atom. The van der Waals surface area contributed by atoms with E-state index in [1.165, 1.54) is 24.7 Å². The molecule has 0 radical (unpaired) electrons. The van der Waals surface area contributed by atoms with Gasteiger partial charge in [-0.05, 0) is 12.1 Å². The van der Waals surface area contributed by atoms with Crippen LogP contribution < -0.4 is 0 Å². The number of benzene rings is 1. The van der Waals surface area contributed by atoms with Gasteiger partial charge in [-0.3, -0.25) is 0 Å². The summed E-state index contributed by atoms with van der Waals surface area (Å²) in [6.45, 7) is 0. The predicted molar refractivity (Wildman–Crippen MR) is 46.9 cm³/mol. The average molecular weight is 198 g/mol. The summed E-state index contributed by atoms with van der Waals surface area (Å²) in [4.78, 5) is 3.69. The maximum Gasteiger partial charge on any atom is 0.181 e. The van der Waals surface area contributed by atoms with Gasteiger partial charge in [0.1, 0.15) is 5.82 Å². The van der Waals surface area contributed by atoms with E-state index >= 15 is 0 Å². The second-order valence-corrected chi connectivity index (χ2v) is 2.87. The van der Waals surface area contributed by atoms with E-state index < -0.39 is 5.82 Å². The molecule has 0 atom stereocenters. The Kier molecular flexibility index (Phi) is 2.02. The molecule has 0 bridgehead atoms. The first-order valence-electron chi connectivity index (χ1n) is 3.62. The van der Waals surface area contributed by atoms with Gasteiger partial charge >= 0.3 is 0 Å². The minimum absolute atomic E-state index is 0.252. The van der Waals surface area contributed by atoms with Gasteiger partial charge < -0.3 is 4.42 Å². The number of rotatable bonds is 1. The van der Waals surface area contributed by atoms with E-state index in [-0.39, 0.29) is 5.56 Å². The van der Waals surface area contributed by atoms with Crippen molar-refractivity contribution >= 4 is 11.6 Å². The van der Waals surface area contributed by atoms with Crippen molar-refractivity contribution in [2.45, 2.75) is 0 Å². The predicted octanol–water partition coefficient (Wildman–Crippen LogP) is 3.13. The molecule has 0 saturated carbocycles. The Morgan fingerprint density at radius 2 is 2.23 bits per heavy atom. The summed E-state index contributed by atoms with van der Waals surface area (Å²) in [5, 5.41) is 0.316. The molecule has 0 aliphatic heterocycles. The highest BCUT2D eigenvalue weighted by molar-refractivity contribution is 6.33. The van der Waals surface area contributed by atoms with Crippen molar-refractivity contribution < 1.29 is 8.81 Å². The molecule has 2 aromatic rings. The zero-order valence-corrected chi connectivity index (χ0v) is 7.25. The first-order valence-corrected chi connectivity index (χ1v) is 3.99. The minimum atomic E-state index is -0.413. The fraction of sp³-hybridized carbons (Fsp3) is 0. The zero-order chi connectivity index (χ0) is 9.26. The Hall–Kier alpha value is -1.35. The summed E-state index contributed by atoms with van der Waals surface area (Å²) in [5.41, 5.74) is 0.252. The van der Waals surface area contributed by atoms with Crippen LogP contribution >= 0.6 is 11.6 Å². The third kappa shape index (κ3) is 1.42. The van der Waals surface area contributed by atoms with Crippen molar-refractivity contribution in [1.29, 1.82) is 0 Å². The van der Waals surface area contributed by atoms with Crippen molar-refractivity contribution in [2.24, 2.45) is 0 Å². The molecule has 0 spiro atoms. The lowest BCUT2D eigenvalue weighted by Gasteiger charge is -2.00. The van der Waals surface area contributed by atoms with E-state index in [0.29, 0.717) is 10.8 Å². The molecule has 66 valence electrons. The summed E-state index contributed by atoms with van der Waals surface area (Å²) in [6.07, 6.45) is 2.66. The van der Waals surface area contributed by atoms with Crippen molar-refractivity contribution in [3.8, 4) is 11.3 Å². The topological polar surface area (TPSA) is 26.0 Å². The Balaban J connectivity index is 2.64. The van der Waals surface area contributed by atoms with E-state index in [1.807, 2.05) is 0 Å². The monoisotopic (exact) mass is 197 g/mol. The molecule has 0 N–H and O–H groups in total. The van der Waals surface area contributed by atoms with Gasteiger partial charge in [-0.15, -0.1) is 0 Å². The molecule has 13 heavy (non-hydrogen) atoms. The molecule has 2 nitrogen and oxygen atoms in total. The number of oxazole rings is 1. The van der Waals surface area contributed by atoms with Gasteiger partial charge in [-0.2, -0.15) is 0 Å². The van der Waals surface area contributed by atoms with Crippen LogP contribution in [-0.2, 0) is 0 Å². The van der Waals surface area contributed by atoms with Crippen molar-refractivity contribution in [2.75, 3.05) is 0 Å². The zero-order valence-electron chi connectivity index (χ0n) is 6.50. The minimum Gasteiger partial charge on any atom is -0.443 e. The standard InChI is InChI=1S/C9H5ClFNO/c10-6-2-1-3-7(11)9(6)8-4-12-5-13-8/h1-5H. The smallest absolute Gasteiger partial charge is 0.181 e. The molecular formula is C9H5ClFNO. The molecule has 0 fully saturated rings. The number of aromatic nitrogens is 1. The van der Waals surface area contributed by atoms with E-state index in [9.17, 15) is 4.39 Å². The Bertz CT molecular complexity index is 393.